The van der Waals surface area contributed by atoms with Gasteiger partial charge in [0.05, 0.1) is 18.6 Å². The average Bonchev–Trinajstić information content (AvgIpc) is 2.41. The predicted octanol–water partition coefficient (Wildman–Crippen LogP) is 1.43. The van der Waals surface area contributed by atoms with Crippen LogP contribution < -0.4 is 10.1 Å². The van der Waals surface area contributed by atoms with Crippen molar-refractivity contribution in [1.29, 1.82) is 0 Å². The van der Waals surface area contributed by atoms with Crippen LogP contribution in [0.25, 0.3) is 0 Å². The summed E-state index contributed by atoms with van der Waals surface area (Å²) < 4.78 is 5.44. The zero-order valence-corrected chi connectivity index (χ0v) is 12.3. The number of carboxylic acids is 1. The first kappa shape index (κ1) is 17.0. The molecule has 1 unspecified atom stereocenters. The number of amides is 1. The lowest BCUT2D eigenvalue weighted by Gasteiger charge is -2.21. The number of hydrogen-bond donors (Lipinski definition) is 3. The van der Waals surface area contributed by atoms with E-state index in [1.165, 1.54) is 6.92 Å². The van der Waals surface area contributed by atoms with Gasteiger partial charge in [-0.2, -0.15) is 0 Å². The van der Waals surface area contributed by atoms with Gasteiger partial charge in [-0.1, -0.05) is 13.0 Å². The maximum absolute atomic E-state index is 12.0. The lowest BCUT2D eigenvalue weighted by Crippen LogP contribution is -2.42. The molecule has 6 nitrogen and oxygen atoms in total. The molecular weight excluding hydrogens is 274 g/mol. The number of aliphatic hydroxyl groups is 1. The molecule has 1 atom stereocenters. The Balaban J connectivity index is 2.61. The lowest BCUT2D eigenvalue weighted by atomic mass is 10.0. The molecule has 3 N–H and O–H groups in total. The van der Waals surface area contributed by atoms with Crippen LogP contribution in [0.15, 0.2) is 24.3 Å². The van der Waals surface area contributed by atoms with Crippen LogP contribution in [0.5, 0.6) is 5.75 Å². The molecule has 0 saturated heterocycles. The molecule has 21 heavy (non-hydrogen) atoms. The van der Waals surface area contributed by atoms with Crippen molar-refractivity contribution in [1.82, 2.24) is 5.32 Å². The minimum Gasteiger partial charge on any atom is -0.494 e. The Morgan fingerprint density at radius 1 is 1.38 bits per heavy atom. The summed E-state index contributed by atoms with van der Waals surface area (Å²) in [6.07, 6.45) is 0.432. The number of benzene rings is 1. The van der Waals surface area contributed by atoms with Crippen LogP contribution in [-0.2, 0) is 4.79 Å². The standard InChI is InChI=1S/C15H21NO5/c1-3-7-21-12-6-4-5-11(8-12)14(19)16-10-15(2,20)9-13(17)18/h4-6,8,20H,3,7,9-10H2,1-2H3,(H,16,19)(H,17,18). The van der Waals surface area contributed by atoms with Gasteiger partial charge in [0.25, 0.3) is 5.91 Å². The van der Waals surface area contributed by atoms with Crippen molar-refractivity contribution in [2.45, 2.75) is 32.3 Å². The zero-order chi connectivity index (χ0) is 15.9. The SMILES string of the molecule is CCCOc1cccc(C(=O)NCC(C)(O)CC(=O)O)c1. The summed E-state index contributed by atoms with van der Waals surface area (Å²) in [5.74, 6) is -0.909. The Bertz CT molecular complexity index is 499. The Morgan fingerprint density at radius 2 is 2.10 bits per heavy atom. The highest BCUT2D eigenvalue weighted by molar-refractivity contribution is 5.94. The number of carbonyl (C=O) groups excluding carboxylic acids is 1. The van der Waals surface area contributed by atoms with Crippen LogP contribution in [0.2, 0.25) is 0 Å². The summed E-state index contributed by atoms with van der Waals surface area (Å²) >= 11 is 0. The molecule has 0 aromatic heterocycles. The number of nitrogens with one attached hydrogen (secondary N) is 1. The Hall–Kier alpha value is -2.08. The molecular formula is C15H21NO5. The predicted molar refractivity (Wildman–Crippen MR) is 77.4 cm³/mol. The van der Waals surface area contributed by atoms with E-state index in [0.717, 1.165) is 6.42 Å². The summed E-state index contributed by atoms with van der Waals surface area (Å²) in [4.78, 5) is 22.6. The first-order chi connectivity index (χ1) is 9.84. The van der Waals surface area contributed by atoms with Gasteiger partial charge >= 0.3 is 5.97 Å². The van der Waals surface area contributed by atoms with E-state index in [1.807, 2.05) is 6.92 Å². The van der Waals surface area contributed by atoms with E-state index in [0.29, 0.717) is 17.9 Å². The Morgan fingerprint density at radius 3 is 2.71 bits per heavy atom. The van der Waals surface area contributed by atoms with Crippen LogP contribution in [0.3, 0.4) is 0 Å². The van der Waals surface area contributed by atoms with Gasteiger partial charge in [0.1, 0.15) is 5.75 Å². The minimum atomic E-state index is -1.49. The summed E-state index contributed by atoms with van der Waals surface area (Å²) in [5.41, 5.74) is -1.09. The maximum atomic E-state index is 12.0. The molecule has 0 spiro atoms. The second kappa shape index (κ2) is 7.64. The molecule has 1 amide bonds. The number of aliphatic carboxylic acids is 1. The van der Waals surface area contributed by atoms with Gasteiger partial charge < -0.3 is 20.3 Å². The topological polar surface area (TPSA) is 95.9 Å². The fourth-order valence-electron chi connectivity index (χ4n) is 1.71. The van der Waals surface area contributed by atoms with Crippen LogP contribution in [0.4, 0.5) is 0 Å². The largest absolute Gasteiger partial charge is 0.494 e. The normalized spacial score (nSPS) is 13.3. The van der Waals surface area contributed by atoms with Crippen LogP contribution >= 0.6 is 0 Å². The lowest BCUT2D eigenvalue weighted by molar-refractivity contribution is -0.141. The van der Waals surface area contributed by atoms with E-state index < -0.39 is 18.0 Å². The van der Waals surface area contributed by atoms with Crippen LogP contribution in [0.1, 0.15) is 37.0 Å². The van der Waals surface area contributed by atoms with Gasteiger partial charge in [-0.15, -0.1) is 0 Å². The zero-order valence-electron chi connectivity index (χ0n) is 12.3. The van der Waals surface area contributed by atoms with E-state index in [4.69, 9.17) is 9.84 Å². The molecule has 0 heterocycles. The molecule has 0 aliphatic carbocycles. The van der Waals surface area contributed by atoms with Crippen LogP contribution in [-0.4, -0.2) is 40.8 Å². The van der Waals surface area contributed by atoms with E-state index in [9.17, 15) is 14.7 Å². The third-order valence-electron chi connectivity index (χ3n) is 2.73. The maximum Gasteiger partial charge on any atom is 0.306 e. The van der Waals surface area contributed by atoms with E-state index in [-0.39, 0.29) is 12.5 Å². The van der Waals surface area contributed by atoms with Gasteiger partial charge in [-0.05, 0) is 31.5 Å². The third-order valence-corrected chi connectivity index (χ3v) is 2.73. The molecule has 6 heteroatoms. The molecule has 1 aromatic carbocycles. The third kappa shape index (κ3) is 6.27. The highest BCUT2D eigenvalue weighted by Gasteiger charge is 2.25. The van der Waals surface area contributed by atoms with E-state index in [2.05, 4.69) is 5.32 Å². The summed E-state index contributed by atoms with van der Waals surface area (Å²) in [6.45, 7) is 3.78. The van der Waals surface area contributed by atoms with Crippen molar-refractivity contribution < 1.29 is 24.5 Å². The summed E-state index contributed by atoms with van der Waals surface area (Å²) in [6, 6.07) is 6.69. The molecule has 0 aliphatic heterocycles. The molecule has 1 rings (SSSR count). The fraction of sp³-hybridized carbons (Fsp3) is 0.467. The van der Waals surface area contributed by atoms with Crippen molar-refractivity contribution in [3.05, 3.63) is 29.8 Å². The second-order valence-corrected chi connectivity index (χ2v) is 5.13. The highest BCUT2D eigenvalue weighted by Crippen LogP contribution is 2.14. The molecule has 0 aliphatic rings. The molecule has 0 bridgehead atoms. The van der Waals surface area contributed by atoms with Crippen molar-refractivity contribution in [2.24, 2.45) is 0 Å². The average molecular weight is 295 g/mol. The Labute approximate surface area is 123 Å². The first-order valence-electron chi connectivity index (χ1n) is 6.79. The van der Waals surface area contributed by atoms with Crippen LogP contribution in [0, 0.1) is 0 Å². The van der Waals surface area contributed by atoms with Gasteiger partial charge in [0.15, 0.2) is 0 Å². The van der Waals surface area contributed by atoms with E-state index in [1.54, 1.807) is 24.3 Å². The molecule has 0 saturated carbocycles. The quantitative estimate of drug-likeness (QED) is 0.674. The molecule has 0 fully saturated rings. The van der Waals surface area contributed by atoms with Crippen molar-refractivity contribution >= 4 is 11.9 Å². The molecule has 116 valence electrons. The number of hydrogen-bond acceptors (Lipinski definition) is 4. The summed E-state index contributed by atoms with van der Waals surface area (Å²) in [7, 11) is 0. The van der Waals surface area contributed by atoms with Crippen molar-refractivity contribution in [3.63, 3.8) is 0 Å². The highest BCUT2D eigenvalue weighted by atomic mass is 16.5. The van der Waals surface area contributed by atoms with Crippen molar-refractivity contribution in [3.8, 4) is 5.75 Å². The first-order valence-corrected chi connectivity index (χ1v) is 6.79. The second-order valence-electron chi connectivity index (χ2n) is 5.13. The van der Waals surface area contributed by atoms with Gasteiger partial charge in [-0.25, -0.2) is 0 Å². The number of rotatable bonds is 8. The number of carbonyl (C=O) groups is 2. The van der Waals surface area contributed by atoms with Crippen molar-refractivity contribution in [2.75, 3.05) is 13.2 Å². The molecule has 1 aromatic rings. The van der Waals surface area contributed by atoms with Gasteiger partial charge in [-0.3, -0.25) is 9.59 Å². The smallest absolute Gasteiger partial charge is 0.306 e. The fourth-order valence-corrected chi connectivity index (χ4v) is 1.71. The molecule has 0 radical (unpaired) electrons. The monoisotopic (exact) mass is 295 g/mol. The van der Waals surface area contributed by atoms with E-state index >= 15 is 0 Å². The van der Waals surface area contributed by atoms with Gasteiger partial charge in [0.2, 0.25) is 0 Å². The number of ether oxygens (including phenoxy) is 1. The minimum absolute atomic E-state index is 0.141. The van der Waals surface area contributed by atoms with Gasteiger partial charge in [0, 0.05) is 12.1 Å². The Kier molecular flexibility index (Phi) is 6.17. The number of carboxylic acid groups (broad SMARTS) is 1. The summed E-state index contributed by atoms with van der Waals surface area (Å²) in [5, 5.41) is 21.0.